The lowest BCUT2D eigenvalue weighted by Crippen LogP contribution is -2.41. The van der Waals surface area contributed by atoms with Crippen LogP contribution in [-0.4, -0.2) is 29.7 Å². The first kappa shape index (κ1) is 14.9. The molecule has 1 amide bonds. The highest BCUT2D eigenvalue weighted by molar-refractivity contribution is 6.31. The maximum Gasteiger partial charge on any atom is 0.237 e. The maximum atomic E-state index is 12.0. The molecule has 1 fully saturated rings. The van der Waals surface area contributed by atoms with E-state index in [1.165, 1.54) is 0 Å². The van der Waals surface area contributed by atoms with E-state index in [1.54, 1.807) is 12.1 Å². The number of terminal acetylenes is 1. The molecule has 0 aliphatic carbocycles. The Morgan fingerprint density at radius 3 is 2.95 bits per heavy atom. The third-order valence-corrected chi connectivity index (χ3v) is 3.74. The Bertz CT molecular complexity index is 553. The van der Waals surface area contributed by atoms with Gasteiger partial charge in [0, 0.05) is 17.1 Å². The zero-order chi connectivity index (χ0) is 14.7. The summed E-state index contributed by atoms with van der Waals surface area (Å²) in [6, 6.07) is 4.75. The normalized spacial score (nSPS) is 23.1. The summed E-state index contributed by atoms with van der Waals surface area (Å²) in [4.78, 5) is 12.0. The van der Waals surface area contributed by atoms with E-state index in [4.69, 9.17) is 18.0 Å². The molecule has 0 radical (unpaired) electrons. The molecule has 3 atom stereocenters. The van der Waals surface area contributed by atoms with Gasteiger partial charge in [0.15, 0.2) is 0 Å². The molecule has 1 aliphatic heterocycles. The topological polar surface area (TPSA) is 61.4 Å². The molecule has 0 unspecified atom stereocenters. The van der Waals surface area contributed by atoms with Gasteiger partial charge in [-0.05, 0) is 31.0 Å². The number of hydrogen-bond acceptors (Lipinski definition) is 3. The number of benzene rings is 1. The van der Waals surface area contributed by atoms with Crippen molar-refractivity contribution in [3.05, 3.63) is 34.3 Å². The predicted molar refractivity (Wildman–Crippen MR) is 78.4 cm³/mol. The lowest BCUT2D eigenvalue weighted by atomic mass is 10.1. The first-order valence-electron chi connectivity index (χ1n) is 6.49. The second kappa shape index (κ2) is 6.27. The highest BCUT2D eigenvalue weighted by atomic mass is 35.5. The Labute approximate surface area is 123 Å². The van der Waals surface area contributed by atoms with Crippen LogP contribution >= 0.6 is 11.6 Å². The van der Waals surface area contributed by atoms with Gasteiger partial charge in [-0.3, -0.25) is 4.79 Å². The summed E-state index contributed by atoms with van der Waals surface area (Å²) in [7, 11) is 0. The van der Waals surface area contributed by atoms with Gasteiger partial charge in [0.05, 0.1) is 18.2 Å². The summed E-state index contributed by atoms with van der Waals surface area (Å²) >= 11 is 6.17. The lowest BCUT2D eigenvalue weighted by molar-refractivity contribution is -0.123. The maximum absolute atomic E-state index is 12.0. The summed E-state index contributed by atoms with van der Waals surface area (Å²) in [6.45, 7) is 2.31. The molecule has 1 aliphatic rings. The zero-order valence-corrected chi connectivity index (χ0v) is 11.9. The van der Waals surface area contributed by atoms with Gasteiger partial charge >= 0.3 is 0 Å². The van der Waals surface area contributed by atoms with Crippen LogP contribution in [0.4, 0.5) is 0 Å². The Kier molecular flexibility index (Phi) is 4.66. The zero-order valence-electron chi connectivity index (χ0n) is 11.2. The summed E-state index contributed by atoms with van der Waals surface area (Å²) in [5.41, 5.74) is 1.52. The quantitative estimate of drug-likeness (QED) is 0.734. The summed E-state index contributed by atoms with van der Waals surface area (Å²) in [6.07, 6.45) is 5.29. The fourth-order valence-corrected chi connectivity index (χ4v) is 2.62. The number of hydrogen-bond donors (Lipinski definition) is 3. The van der Waals surface area contributed by atoms with Crippen LogP contribution in [0.5, 0.6) is 0 Å². The molecule has 0 aromatic heterocycles. The fourth-order valence-electron chi connectivity index (χ4n) is 2.28. The standard InChI is InChI=1S/C15H17ClN2O2/c1-3-10-4-5-12(13(16)6-10)9(2)18-15(20)14-7-11(19)8-17-14/h1,4-6,9,11,14,17,19H,7-8H2,2H3,(H,18,20)/t9-,11-,14+/m1/s1. The smallest absolute Gasteiger partial charge is 0.237 e. The third-order valence-electron chi connectivity index (χ3n) is 3.42. The predicted octanol–water partition coefficient (Wildman–Crippen LogP) is 1.22. The van der Waals surface area contributed by atoms with Crippen LogP contribution in [-0.2, 0) is 4.79 Å². The number of aliphatic hydroxyl groups excluding tert-OH is 1. The molecule has 1 saturated heterocycles. The molecule has 20 heavy (non-hydrogen) atoms. The molecule has 0 saturated carbocycles. The van der Waals surface area contributed by atoms with Crippen LogP contribution in [0.2, 0.25) is 5.02 Å². The van der Waals surface area contributed by atoms with Crippen LogP contribution in [0.3, 0.4) is 0 Å². The van der Waals surface area contributed by atoms with Crippen molar-refractivity contribution >= 4 is 17.5 Å². The summed E-state index contributed by atoms with van der Waals surface area (Å²) in [5.74, 6) is 2.38. The van der Waals surface area contributed by atoms with E-state index in [0.717, 1.165) is 5.56 Å². The molecular weight excluding hydrogens is 276 g/mol. The van der Waals surface area contributed by atoms with Crippen molar-refractivity contribution in [1.29, 1.82) is 0 Å². The van der Waals surface area contributed by atoms with E-state index in [9.17, 15) is 9.90 Å². The lowest BCUT2D eigenvalue weighted by Gasteiger charge is -2.18. The average molecular weight is 293 g/mol. The summed E-state index contributed by atoms with van der Waals surface area (Å²) in [5, 5.41) is 15.8. The van der Waals surface area contributed by atoms with Gasteiger partial charge in [-0.2, -0.15) is 0 Å². The van der Waals surface area contributed by atoms with Crippen LogP contribution in [0.15, 0.2) is 18.2 Å². The van der Waals surface area contributed by atoms with E-state index in [1.807, 2.05) is 13.0 Å². The molecular formula is C15H17ClN2O2. The van der Waals surface area contributed by atoms with E-state index < -0.39 is 6.10 Å². The minimum atomic E-state index is -0.459. The van der Waals surface area contributed by atoms with Crippen LogP contribution in [0.25, 0.3) is 0 Å². The van der Waals surface area contributed by atoms with Gasteiger partial charge in [0.25, 0.3) is 0 Å². The van der Waals surface area contributed by atoms with Gasteiger partial charge in [-0.25, -0.2) is 0 Å². The Balaban J connectivity index is 2.03. The van der Waals surface area contributed by atoms with Crippen molar-refractivity contribution in [2.45, 2.75) is 31.5 Å². The molecule has 4 nitrogen and oxygen atoms in total. The molecule has 106 valence electrons. The van der Waals surface area contributed by atoms with Crippen LogP contribution < -0.4 is 10.6 Å². The van der Waals surface area contributed by atoms with E-state index in [-0.39, 0.29) is 18.0 Å². The van der Waals surface area contributed by atoms with E-state index >= 15 is 0 Å². The number of nitrogens with one attached hydrogen (secondary N) is 2. The van der Waals surface area contributed by atoms with Crippen molar-refractivity contribution < 1.29 is 9.90 Å². The fraction of sp³-hybridized carbons (Fsp3) is 0.400. The largest absolute Gasteiger partial charge is 0.392 e. The van der Waals surface area contributed by atoms with Gasteiger partial charge in [0.1, 0.15) is 0 Å². The second-order valence-electron chi connectivity index (χ2n) is 4.96. The molecule has 2 rings (SSSR count). The van der Waals surface area contributed by atoms with Gasteiger partial charge in [-0.1, -0.05) is 23.6 Å². The van der Waals surface area contributed by atoms with Crippen molar-refractivity contribution in [3.8, 4) is 12.3 Å². The highest BCUT2D eigenvalue weighted by Crippen LogP contribution is 2.24. The monoisotopic (exact) mass is 292 g/mol. The molecule has 3 N–H and O–H groups in total. The van der Waals surface area contributed by atoms with Gasteiger partial charge in [0.2, 0.25) is 5.91 Å². The molecule has 1 heterocycles. The Morgan fingerprint density at radius 2 is 2.40 bits per heavy atom. The average Bonchev–Trinajstić information content (AvgIpc) is 2.85. The Morgan fingerprint density at radius 1 is 1.65 bits per heavy atom. The van der Waals surface area contributed by atoms with E-state index in [0.29, 0.717) is 23.6 Å². The van der Waals surface area contributed by atoms with Crippen molar-refractivity contribution in [2.75, 3.05) is 6.54 Å². The first-order chi connectivity index (χ1) is 9.51. The minimum absolute atomic E-state index is 0.133. The van der Waals surface area contributed by atoms with Crippen LogP contribution in [0, 0.1) is 12.3 Å². The van der Waals surface area contributed by atoms with Crippen molar-refractivity contribution in [1.82, 2.24) is 10.6 Å². The first-order valence-corrected chi connectivity index (χ1v) is 6.87. The van der Waals surface area contributed by atoms with Gasteiger partial charge < -0.3 is 15.7 Å². The number of carbonyl (C=O) groups is 1. The van der Waals surface area contributed by atoms with Crippen molar-refractivity contribution in [2.24, 2.45) is 0 Å². The minimum Gasteiger partial charge on any atom is -0.392 e. The number of rotatable bonds is 3. The number of β-amino-alcohol motifs (C(OH)–C–C–N with tert-alkyl or cyclic N) is 1. The molecule has 1 aromatic carbocycles. The molecule has 0 spiro atoms. The number of amides is 1. The molecule has 1 aromatic rings. The molecule has 5 heteroatoms. The highest BCUT2D eigenvalue weighted by Gasteiger charge is 2.29. The van der Waals surface area contributed by atoms with Crippen molar-refractivity contribution in [3.63, 3.8) is 0 Å². The SMILES string of the molecule is C#Cc1ccc([C@@H](C)NC(=O)[C@@H]2C[C@@H](O)CN2)c(Cl)c1. The van der Waals surface area contributed by atoms with E-state index in [2.05, 4.69) is 16.6 Å². The Hall–Kier alpha value is -1.54. The van der Waals surface area contributed by atoms with Gasteiger partial charge in [-0.15, -0.1) is 6.42 Å². The number of carbonyl (C=O) groups excluding carboxylic acids is 1. The van der Waals surface area contributed by atoms with Crippen LogP contribution in [0.1, 0.15) is 30.5 Å². The summed E-state index contributed by atoms with van der Waals surface area (Å²) < 4.78 is 0. The number of aliphatic hydroxyl groups is 1. The number of halogens is 1. The third kappa shape index (κ3) is 3.31. The molecule has 0 bridgehead atoms. The second-order valence-corrected chi connectivity index (χ2v) is 5.37.